The van der Waals surface area contributed by atoms with Gasteiger partial charge in [-0.05, 0) is 79.1 Å². The lowest BCUT2D eigenvalue weighted by Gasteiger charge is -2.31. The standard InChI is InChI=1S/C54H69N9O16S/c1-8-35-36-25-34(16-17-40(36)58-46-37(35)27-63-42(46)26-39-38(49(63)68)29-77-50(69)54(39,73)9-2)79-53(72)62(23-24-80(74,75)76)22-21-61(7)52(71)78-28-32-12-14-33(15-13-32)57-47(66)41(11-10-20-56-51(55)70)59-48(67)45(31(5)6)60-44(65)19-18-43(64)30(3)4/h12-17,25-26,30-31,41,45,73H,8-11,18-24,27-29H2,1-7H3,(H,57,66)(H,59,67)(H,60,65)(H3,55,56,70)(H,74,75,76)/t41-,45-,54-/m0/s1. The highest BCUT2D eigenvalue weighted by Gasteiger charge is 2.45. The number of carbonyl (C=O) groups excluding carboxylic acids is 8. The van der Waals surface area contributed by atoms with Crippen LogP contribution in [0.1, 0.15) is 101 Å². The fourth-order valence-corrected chi connectivity index (χ4v) is 9.63. The lowest BCUT2D eigenvalue weighted by atomic mass is 9.86. The lowest BCUT2D eigenvalue weighted by Crippen LogP contribution is -2.54. The molecule has 4 aromatic rings. The Morgan fingerprint density at radius 2 is 1.62 bits per heavy atom. The fraction of sp³-hybridized carbons (Fsp3) is 0.481. The second-order valence-corrected chi connectivity index (χ2v) is 21.8. The number of fused-ring (bicyclic) bond motifs is 5. The van der Waals surface area contributed by atoms with E-state index in [2.05, 4.69) is 21.3 Å². The molecule has 0 saturated heterocycles. The number of nitrogens with two attached hydrogens (primary N) is 1. The van der Waals surface area contributed by atoms with Crippen LogP contribution in [0.3, 0.4) is 0 Å². The molecule has 0 aliphatic carbocycles. The molecule has 6 rings (SSSR count). The first kappa shape index (κ1) is 61.2. The summed E-state index contributed by atoms with van der Waals surface area (Å²) in [6.07, 6.45) is -1.14. The molecule has 80 heavy (non-hydrogen) atoms. The van der Waals surface area contributed by atoms with Gasteiger partial charge >= 0.3 is 24.2 Å². The number of aryl methyl sites for hydroxylation is 1. The van der Waals surface area contributed by atoms with Crippen LogP contribution in [0.5, 0.6) is 5.75 Å². The van der Waals surface area contributed by atoms with Crippen molar-refractivity contribution in [3.8, 4) is 17.1 Å². The monoisotopic (exact) mass is 1130 g/mol. The number of urea groups is 1. The number of Topliss-reactive ketones (excluding diaryl/α,β-unsaturated/α-hetero) is 1. The normalized spacial score (nSPS) is 15.2. The minimum absolute atomic E-state index is 0.0122. The molecule has 0 fully saturated rings. The molecule has 3 atom stereocenters. The molecule has 2 aromatic heterocycles. The first-order valence-electron chi connectivity index (χ1n) is 26.2. The van der Waals surface area contributed by atoms with E-state index < -0.39 is 87.6 Å². The van der Waals surface area contributed by atoms with Gasteiger partial charge in [0.25, 0.3) is 15.7 Å². The van der Waals surface area contributed by atoms with E-state index in [0.29, 0.717) is 40.0 Å². The summed E-state index contributed by atoms with van der Waals surface area (Å²) in [6, 6.07) is 9.61. The van der Waals surface area contributed by atoms with Gasteiger partial charge in [-0.15, -0.1) is 0 Å². The Kier molecular flexibility index (Phi) is 20.2. The maximum Gasteiger partial charge on any atom is 0.415 e. The number of anilines is 1. The molecule has 2 aliphatic rings. The Hall–Kier alpha value is -7.97. The number of nitrogens with one attached hydrogen (secondary N) is 4. The number of cyclic esters (lactones) is 1. The van der Waals surface area contributed by atoms with E-state index >= 15 is 0 Å². The van der Waals surface area contributed by atoms with Crippen LogP contribution in [-0.4, -0.2) is 136 Å². The second-order valence-electron chi connectivity index (χ2n) is 20.3. The number of hydrogen-bond donors (Lipinski definition) is 7. The number of likely N-dealkylation sites (N-methyl/N-ethyl adjacent to an activating group) is 1. The van der Waals surface area contributed by atoms with Crippen LogP contribution < -0.4 is 37.3 Å². The zero-order valence-corrected chi connectivity index (χ0v) is 46.5. The van der Waals surface area contributed by atoms with Crippen molar-refractivity contribution in [3.05, 3.63) is 86.7 Å². The molecule has 432 valence electrons. The molecule has 0 saturated carbocycles. The van der Waals surface area contributed by atoms with Crippen molar-refractivity contribution in [3.63, 3.8) is 0 Å². The van der Waals surface area contributed by atoms with E-state index in [4.69, 9.17) is 24.9 Å². The summed E-state index contributed by atoms with van der Waals surface area (Å²) >= 11 is 0. The number of aromatic nitrogens is 2. The molecule has 0 spiro atoms. The number of pyridine rings is 2. The van der Waals surface area contributed by atoms with Crippen molar-refractivity contribution < 1.29 is 70.6 Å². The molecule has 0 bridgehead atoms. The number of benzene rings is 2. The number of hydrogen-bond acceptors (Lipinski definition) is 16. The molecule has 2 aromatic carbocycles. The molecule has 2 aliphatic heterocycles. The van der Waals surface area contributed by atoms with Crippen molar-refractivity contribution in [2.75, 3.05) is 44.3 Å². The van der Waals surface area contributed by atoms with Gasteiger partial charge in [0, 0.05) is 74.2 Å². The predicted octanol–water partition coefficient (Wildman–Crippen LogP) is 3.62. The lowest BCUT2D eigenvalue weighted by molar-refractivity contribution is -0.172. The smallest absolute Gasteiger partial charge is 0.415 e. The van der Waals surface area contributed by atoms with Gasteiger partial charge < -0.3 is 60.7 Å². The molecule has 0 unspecified atom stereocenters. The van der Waals surface area contributed by atoms with Crippen LogP contribution in [0, 0.1) is 11.8 Å². The van der Waals surface area contributed by atoms with Gasteiger partial charge in [0.15, 0.2) is 5.60 Å². The van der Waals surface area contributed by atoms with Crippen molar-refractivity contribution in [2.45, 2.75) is 118 Å². The number of amides is 7. The molecule has 7 amide bonds. The number of primary amides is 1. The van der Waals surface area contributed by atoms with Gasteiger partial charge in [0.1, 0.15) is 36.8 Å². The summed E-state index contributed by atoms with van der Waals surface area (Å²) in [6.45, 7) is 9.21. The molecule has 26 heteroatoms. The molecule has 8 N–H and O–H groups in total. The van der Waals surface area contributed by atoms with E-state index in [9.17, 15) is 61.2 Å². The van der Waals surface area contributed by atoms with Crippen LogP contribution in [0.15, 0.2) is 53.3 Å². The molecular formula is C54H69N9O16S. The number of nitrogens with zero attached hydrogens (tertiary/aromatic N) is 4. The van der Waals surface area contributed by atoms with E-state index in [-0.39, 0.29) is 106 Å². The fourth-order valence-electron chi connectivity index (χ4n) is 9.18. The van der Waals surface area contributed by atoms with Crippen LogP contribution in [0.2, 0.25) is 0 Å². The summed E-state index contributed by atoms with van der Waals surface area (Å²) < 4.78 is 51.1. The van der Waals surface area contributed by atoms with Crippen LogP contribution >= 0.6 is 0 Å². The summed E-state index contributed by atoms with van der Waals surface area (Å²) in [7, 11) is -3.16. The van der Waals surface area contributed by atoms with Crippen molar-refractivity contribution in [2.24, 2.45) is 17.6 Å². The van der Waals surface area contributed by atoms with Gasteiger partial charge in [0.2, 0.25) is 17.7 Å². The van der Waals surface area contributed by atoms with Crippen molar-refractivity contribution in [1.29, 1.82) is 0 Å². The summed E-state index contributed by atoms with van der Waals surface area (Å²) in [5.41, 5.74) is 6.85. The second kappa shape index (κ2) is 26.3. The number of ketones is 1. The zero-order valence-electron chi connectivity index (χ0n) is 45.7. The third-order valence-electron chi connectivity index (χ3n) is 13.9. The molecule has 25 nitrogen and oxygen atoms in total. The highest BCUT2D eigenvalue weighted by atomic mass is 32.2. The SMILES string of the molecule is CCc1c2c(nc3ccc(OC(=O)N(CCN(C)C(=O)OCc4ccc(NC(=O)[C@H](CCCNC(N)=O)NC(=O)[C@@H](NC(=O)CCC(=O)C(C)C)C(C)C)cc4)CCS(=O)(=O)O)cc13)-c1cc3c(c(=O)n1C2)COC(=O)[C@]3(O)CC. The Labute approximate surface area is 462 Å². The van der Waals surface area contributed by atoms with Gasteiger partial charge in [-0.1, -0.05) is 53.7 Å². The average molecular weight is 1130 g/mol. The van der Waals surface area contributed by atoms with Gasteiger partial charge in [-0.2, -0.15) is 8.42 Å². The quantitative estimate of drug-likeness (QED) is 0.0249. The number of ether oxygens (including phenoxy) is 3. The largest absolute Gasteiger partial charge is 0.458 e. The highest BCUT2D eigenvalue weighted by molar-refractivity contribution is 7.85. The number of esters is 1. The maximum absolute atomic E-state index is 13.8. The van der Waals surface area contributed by atoms with E-state index in [1.165, 1.54) is 29.8 Å². The Morgan fingerprint density at radius 1 is 0.912 bits per heavy atom. The maximum atomic E-state index is 13.8. The topological polar surface area (TPSA) is 354 Å². The van der Waals surface area contributed by atoms with E-state index in [1.807, 2.05) is 6.92 Å². The van der Waals surface area contributed by atoms with Gasteiger partial charge in [-0.25, -0.2) is 24.2 Å². The van der Waals surface area contributed by atoms with Crippen LogP contribution in [0.25, 0.3) is 22.3 Å². The summed E-state index contributed by atoms with van der Waals surface area (Å²) in [5.74, 6) is -4.09. The first-order valence-corrected chi connectivity index (χ1v) is 27.8. The summed E-state index contributed by atoms with van der Waals surface area (Å²) in [4.78, 5) is 123. The van der Waals surface area contributed by atoms with E-state index in [1.54, 1.807) is 65.0 Å². The Morgan fingerprint density at radius 3 is 2.26 bits per heavy atom. The Bertz CT molecular complexity index is 3220. The average Bonchev–Trinajstić information content (AvgIpc) is 3.77. The van der Waals surface area contributed by atoms with E-state index in [0.717, 1.165) is 20.9 Å². The third-order valence-corrected chi connectivity index (χ3v) is 14.6. The highest BCUT2D eigenvalue weighted by Crippen LogP contribution is 2.41. The van der Waals surface area contributed by atoms with Gasteiger partial charge in [-0.3, -0.25) is 28.5 Å². The first-order chi connectivity index (χ1) is 37.7. The third kappa shape index (κ3) is 15.0. The predicted molar refractivity (Wildman–Crippen MR) is 290 cm³/mol. The molecular weight excluding hydrogens is 1060 g/mol. The van der Waals surface area contributed by atoms with Crippen LogP contribution in [0.4, 0.5) is 20.1 Å². The molecule has 4 heterocycles. The zero-order chi connectivity index (χ0) is 58.8. The molecule has 0 radical (unpaired) electrons. The number of rotatable bonds is 25. The van der Waals surface area contributed by atoms with Crippen molar-refractivity contribution in [1.82, 2.24) is 35.3 Å². The Balaban J connectivity index is 1.07. The summed E-state index contributed by atoms with van der Waals surface area (Å²) in [5, 5.41) is 22.4. The number of carbonyl (C=O) groups is 8. The van der Waals surface area contributed by atoms with Gasteiger partial charge in [0.05, 0.1) is 34.8 Å². The van der Waals surface area contributed by atoms with Crippen LogP contribution in [-0.2, 0) is 75.3 Å². The minimum atomic E-state index is -4.55. The minimum Gasteiger partial charge on any atom is -0.458 e. The number of aliphatic hydroxyl groups is 1. The van der Waals surface area contributed by atoms with Crippen molar-refractivity contribution >= 4 is 74.4 Å².